The Morgan fingerprint density at radius 1 is 0.970 bits per heavy atom. The monoisotopic (exact) mass is 453 g/mol. The summed E-state index contributed by atoms with van der Waals surface area (Å²) in [6, 6.07) is 11.6. The normalized spacial score (nSPS) is 20.0. The van der Waals surface area contributed by atoms with E-state index in [1.807, 2.05) is 13.8 Å². The highest BCUT2D eigenvalue weighted by Crippen LogP contribution is 2.19. The molecule has 0 aromatic heterocycles. The average molecular weight is 454 g/mol. The summed E-state index contributed by atoms with van der Waals surface area (Å²) in [5.74, 6) is -0.443. The molecular weight excluding hydrogens is 422 g/mol. The molecule has 0 saturated carbocycles. The van der Waals surface area contributed by atoms with E-state index in [1.54, 1.807) is 36.4 Å². The van der Waals surface area contributed by atoms with Crippen molar-refractivity contribution in [3.8, 4) is 11.5 Å². The topological polar surface area (TPSA) is 117 Å². The van der Waals surface area contributed by atoms with Gasteiger partial charge in [-0.25, -0.2) is 0 Å². The number of amides is 3. The lowest BCUT2D eigenvalue weighted by Gasteiger charge is -2.25. The second-order valence-corrected chi connectivity index (χ2v) is 8.58. The van der Waals surface area contributed by atoms with Crippen LogP contribution in [-0.2, 0) is 16.0 Å². The first-order chi connectivity index (χ1) is 15.8. The first kappa shape index (κ1) is 24.1. The van der Waals surface area contributed by atoms with Gasteiger partial charge in [-0.1, -0.05) is 38.1 Å². The van der Waals surface area contributed by atoms with Gasteiger partial charge in [-0.05, 0) is 48.6 Å². The highest BCUT2D eigenvalue weighted by atomic mass is 16.5. The van der Waals surface area contributed by atoms with E-state index < -0.39 is 23.9 Å². The number of hydrogen-bond donors (Lipinski definition) is 4. The van der Waals surface area contributed by atoms with Crippen LogP contribution in [0.15, 0.2) is 48.5 Å². The van der Waals surface area contributed by atoms with Crippen molar-refractivity contribution >= 4 is 17.7 Å². The second kappa shape index (κ2) is 11.4. The molecule has 1 aliphatic heterocycles. The first-order valence-electron chi connectivity index (χ1n) is 11.2. The van der Waals surface area contributed by atoms with Crippen LogP contribution < -0.4 is 20.7 Å². The smallest absolute Gasteiger partial charge is 0.255 e. The first-order valence-corrected chi connectivity index (χ1v) is 11.2. The van der Waals surface area contributed by atoms with Gasteiger partial charge in [-0.3, -0.25) is 14.4 Å². The lowest BCUT2D eigenvalue weighted by Crippen LogP contribution is -2.55. The highest BCUT2D eigenvalue weighted by Gasteiger charge is 2.28. The average Bonchev–Trinajstić information content (AvgIpc) is 2.78. The van der Waals surface area contributed by atoms with E-state index in [2.05, 4.69) is 16.0 Å². The molecular formula is C25H31N3O5. The molecule has 4 N–H and O–H groups in total. The number of para-hydroxylation sites is 1. The van der Waals surface area contributed by atoms with Gasteiger partial charge >= 0.3 is 0 Å². The number of rotatable bonds is 4. The maximum Gasteiger partial charge on any atom is 0.255 e. The molecule has 1 heterocycles. The molecule has 2 atom stereocenters. The van der Waals surface area contributed by atoms with Gasteiger partial charge in [0, 0.05) is 13.0 Å². The van der Waals surface area contributed by atoms with Gasteiger partial charge in [0.1, 0.15) is 23.6 Å². The van der Waals surface area contributed by atoms with Crippen LogP contribution in [0, 0.1) is 5.92 Å². The van der Waals surface area contributed by atoms with E-state index in [1.165, 1.54) is 12.1 Å². The quantitative estimate of drug-likeness (QED) is 0.566. The van der Waals surface area contributed by atoms with E-state index in [-0.39, 0.29) is 24.0 Å². The third-order valence-electron chi connectivity index (χ3n) is 5.35. The number of aromatic hydroxyl groups is 1. The molecule has 0 spiro atoms. The zero-order chi connectivity index (χ0) is 23.8. The predicted molar refractivity (Wildman–Crippen MR) is 124 cm³/mol. The Hall–Kier alpha value is -3.55. The number of ether oxygens (including phenoxy) is 1. The predicted octanol–water partition coefficient (Wildman–Crippen LogP) is 2.16. The molecule has 0 aliphatic carbocycles. The van der Waals surface area contributed by atoms with E-state index in [0.29, 0.717) is 37.3 Å². The summed E-state index contributed by atoms with van der Waals surface area (Å²) in [5, 5.41) is 18.1. The molecule has 0 saturated heterocycles. The largest absolute Gasteiger partial charge is 0.508 e. The summed E-state index contributed by atoms with van der Waals surface area (Å²) in [6.07, 6.45) is 1.22. The zero-order valence-electron chi connectivity index (χ0n) is 19.0. The van der Waals surface area contributed by atoms with Gasteiger partial charge in [0.05, 0.1) is 12.2 Å². The summed E-state index contributed by atoms with van der Waals surface area (Å²) in [7, 11) is 0. The SMILES string of the molecule is CC(C)C[C@H]1NC(=O)[C@H](Cc2ccc(O)cc2)NC(=O)c2ccccc2OCCCNC1=O. The summed E-state index contributed by atoms with van der Waals surface area (Å²) < 4.78 is 5.78. The Labute approximate surface area is 193 Å². The van der Waals surface area contributed by atoms with Crippen LogP contribution in [0.1, 0.15) is 42.6 Å². The van der Waals surface area contributed by atoms with Crippen LogP contribution in [0.2, 0.25) is 0 Å². The third-order valence-corrected chi connectivity index (χ3v) is 5.35. The highest BCUT2D eigenvalue weighted by molar-refractivity contribution is 6.00. The van der Waals surface area contributed by atoms with Crippen LogP contribution in [0.4, 0.5) is 0 Å². The number of phenols is 1. The molecule has 0 radical (unpaired) electrons. The Kier molecular flexibility index (Phi) is 8.29. The number of hydrogen-bond acceptors (Lipinski definition) is 5. The Morgan fingerprint density at radius 3 is 2.42 bits per heavy atom. The summed E-state index contributed by atoms with van der Waals surface area (Å²) in [4.78, 5) is 39.1. The molecule has 8 nitrogen and oxygen atoms in total. The van der Waals surface area contributed by atoms with Crippen LogP contribution in [0.3, 0.4) is 0 Å². The van der Waals surface area contributed by atoms with Crippen molar-refractivity contribution < 1.29 is 24.2 Å². The van der Waals surface area contributed by atoms with Crippen LogP contribution in [0.5, 0.6) is 11.5 Å². The molecule has 2 aromatic carbocycles. The molecule has 0 fully saturated rings. The van der Waals surface area contributed by atoms with Crippen LogP contribution in [-0.4, -0.2) is 48.1 Å². The summed E-state index contributed by atoms with van der Waals surface area (Å²) >= 11 is 0. The fourth-order valence-corrected chi connectivity index (χ4v) is 3.66. The number of carbonyl (C=O) groups excluding carboxylic acids is 3. The van der Waals surface area contributed by atoms with Gasteiger partial charge in [0.25, 0.3) is 5.91 Å². The molecule has 3 amide bonds. The minimum absolute atomic E-state index is 0.109. The number of phenolic OH excluding ortho intramolecular Hbond substituents is 1. The van der Waals surface area contributed by atoms with Crippen molar-refractivity contribution in [3.05, 3.63) is 59.7 Å². The van der Waals surface area contributed by atoms with E-state index in [0.717, 1.165) is 5.56 Å². The van der Waals surface area contributed by atoms with Gasteiger partial charge in [0.2, 0.25) is 11.8 Å². The van der Waals surface area contributed by atoms with Crippen molar-refractivity contribution in [2.75, 3.05) is 13.2 Å². The molecule has 0 bridgehead atoms. The fraction of sp³-hybridized carbons (Fsp3) is 0.400. The minimum Gasteiger partial charge on any atom is -0.508 e. The van der Waals surface area contributed by atoms with Crippen molar-refractivity contribution in [2.45, 2.75) is 45.2 Å². The molecule has 176 valence electrons. The Morgan fingerprint density at radius 2 is 1.70 bits per heavy atom. The standard InChI is InChI=1S/C25H31N3O5/c1-16(2)14-20-24(31)26-12-5-13-33-22-7-4-3-6-19(22)23(30)27-21(25(32)28-20)15-17-8-10-18(29)11-9-17/h3-4,6-11,16,20-21,29H,5,12-15H2,1-2H3,(H,26,31)(H,27,30)(H,28,32)/t20-,21+/m1/s1. The van der Waals surface area contributed by atoms with Crippen molar-refractivity contribution in [1.82, 2.24) is 16.0 Å². The molecule has 2 aromatic rings. The van der Waals surface area contributed by atoms with Gasteiger partial charge < -0.3 is 25.8 Å². The lowest BCUT2D eigenvalue weighted by atomic mass is 10.0. The lowest BCUT2D eigenvalue weighted by molar-refractivity contribution is -0.130. The van der Waals surface area contributed by atoms with Gasteiger partial charge in [0.15, 0.2) is 0 Å². The fourth-order valence-electron chi connectivity index (χ4n) is 3.66. The summed E-state index contributed by atoms with van der Waals surface area (Å²) in [6.45, 7) is 4.69. The van der Waals surface area contributed by atoms with E-state index in [4.69, 9.17) is 4.74 Å². The maximum absolute atomic E-state index is 13.3. The van der Waals surface area contributed by atoms with Crippen LogP contribution in [0.25, 0.3) is 0 Å². The molecule has 1 aliphatic rings. The van der Waals surface area contributed by atoms with Gasteiger partial charge in [-0.2, -0.15) is 0 Å². The van der Waals surface area contributed by atoms with Crippen molar-refractivity contribution in [3.63, 3.8) is 0 Å². The minimum atomic E-state index is -0.930. The van der Waals surface area contributed by atoms with Crippen molar-refractivity contribution in [2.24, 2.45) is 5.92 Å². The number of benzene rings is 2. The Balaban J connectivity index is 1.91. The number of fused-ring (bicyclic) bond motifs is 1. The van der Waals surface area contributed by atoms with Crippen molar-refractivity contribution in [1.29, 1.82) is 0 Å². The van der Waals surface area contributed by atoms with E-state index >= 15 is 0 Å². The van der Waals surface area contributed by atoms with Gasteiger partial charge in [-0.15, -0.1) is 0 Å². The number of nitrogens with one attached hydrogen (secondary N) is 3. The maximum atomic E-state index is 13.3. The van der Waals surface area contributed by atoms with Crippen LogP contribution >= 0.6 is 0 Å². The molecule has 8 heteroatoms. The Bertz CT molecular complexity index is 974. The second-order valence-electron chi connectivity index (χ2n) is 8.58. The third kappa shape index (κ3) is 6.97. The zero-order valence-corrected chi connectivity index (χ0v) is 19.0. The molecule has 0 unspecified atom stereocenters. The van der Waals surface area contributed by atoms with E-state index in [9.17, 15) is 19.5 Å². The molecule has 3 rings (SSSR count). The summed E-state index contributed by atoms with van der Waals surface area (Å²) in [5.41, 5.74) is 1.09. The molecule has 33 heavy (non-hydrogen) atoms. The number of carbonyl (C=O) groups is 3.